The van der Waals surface area contributed by atoms with E-state index in [4.69, 9.17) is 4.74 Å². The summed E-state index contributed by atoms with van der Waals surface area (Å²) in [7, 11) is 0. The molecule has 0 unspecified atom stereocenters. The summed E-state index contributed by atoms with van der Waals surface area (Å²) in [5.41, 5.74) is 1.02. The van der Waals surface area contributed by atoms with Crippen LogP contribution in [0.5, 0.6) is 0 Å². The van der Waals surface area contributed by atoms with Gasteiger partial charge in [-0.15, -0.1) is 0 Å². The van der Waals surface area contributed by atoms with Crippen molar-refractivity contribution in [1.82, 2.24) is 24.8 Å². The van der Waals surface area contributed by atoms with E-state index >= 15 is 0 Å². The van der Waals surface area contributed by atoms with E-state index in [1.807, 2.05) is 6.07 Å². The number of nitrogens with zero attached hydrogens (tertiary/aromatic N) is 4. The van der Waals surface area contributed by atoms with Crippen molar-refractivity contribution in [3.05, 3.63) is 42.3 Å². The quantitative estimate of drug-likeness (QED) is 0.773. The van der Waals surface area contributed by atoms with Crippen molar-refractivity contribution >= 4 is 17.2 Å². The zero-order valence-corrected chi connectivity index (χ0v) is 11.9. The number of anilines is 2. The lowest BCUT2D eigenvalue weighted by Gasteiger charge is -2.04. The van der Waals surface area contributed by atoms with Crippen LogP contribution in [0.3, 0.4) is 0 Å². The molecule has 0 spiro atoms. The molecule has 7 nitrogen and oxygen atoms in total. The normalized spacial score (nSPS) is 18.1. The van der Waals surface area contributed by atoms with Gasteiger partial charge in [-0.2, -0.15) is 10.2 Å². The Morgan fingerprint density at radius 2 is 2.30 bits per heavy atom. The first kappa shape index (κ1) is 14.1. The third kappa shape index (κ3) is 2.63. The van der Waals surface area contributed by atoms with Crippen LogP contribution in [0.15, 0.2) is 24.5 Å². The van der Waals surface area contributed by atoms with Crippen LogP contribution in [-0.4, -0.2) is 31.4 Å². The second-order valence-corrected chi connectivity index (χ2v) is 5.16. The summed E-state index contributed by atoms with van der Waals surface area (Å²) >= 11 is 0. The van der Waals surface area contributed by atoms with E-state index in [0.717, 1.165) is 12.1 Å². The van der Waals surface area contributed by atoms with Gasteiger partial charge in [0.1, 0.15) is 11.2 Å². The van der Waals surface area contributed by atoms with Gasteiger partial charge < -0.3 is 10.1 Å². The van der Waals surface area contributed by atoms with Gasteiger partial charge in [0.25, 0.3) is 6.43 Å². The van der Waals surface area contributed by atoms with Crippen molar-refractivity contribution < 1.29 is 13.5 Å². The number of H-pyrrole nitrogens is 1. The maximum atomic E-state index is 12.8. The number of rotatable bonds is 4. The number of hydrogen-bond acceptors (Lipinski definition) is 5. The number of alkyl halides is 2. The number of ether oxygens (including phenoxy) is 1. The Kier molecular flexibility index (Phi) is 3.41. The monoisotopic (exact) mass is 319 g/mol. The minimum absolute atomic E-state index is 0.0257. The molecule has 0 aromatic carbocycles. The number of halogens is 2. The van der Waals surface area contributed by atoms with Crippen LogP contribution in [0.25, 0.3) is 5.52 Å². The van der Waals surface area contributed by atoms with E-state index < -0.39 is 6.43 Å². The first-order valence-electron chi connectivity index (χ1n) is 7.09. The summed E-state index contributed by atoms with van der Waals surface area (Å²) in [5, 5.41) is 13.9. The van der Waals surface area contributed by atoms with Crippen molar-refractivity contribution in [3.63, 3.8) is 0 Å². The molecule has 3 aromatic heterocycles. The van der Waals surface area contributed by atoms with E-state index in [9.17, 15) is 8.78 Å². The van der Waals surface area contributed by atoms with E-state index in [0.29, 0.717) is 23.8 Å². The Balaban J connectivity index is 1.62. The molecule has 23 heavy (non-hydrogen) atoms. The van der Waals surface area contributed by atoms with Crippen LogP contribution in [0.1, 0.15) is 30.3 Å². The van der Waals surface area contributed by atoms with Gasteiger partial charge in [-0.05, 0) is 18.9 Å². The van der Waals surface area contributed by atoms with Crippen LogP contribution >= 0.6 is 0 Å². The summed E-state index contributed by atoms with van der Waals surface area (Å²) in [6.07, 6.45) is 3.23. The third-order valence-corrected chi connectivity index (χ3v) is 3.62. The SMILES string of the molecule is FC(F)c1cc2c(Nc3cc([C@H]4C[CH]CO4)[nH]n3)nccn2n1. The molecule has 4 rings (SSSR count). The van der Waals surface area contributed by atoms with Gasteiger partial charge in [0, 0.05) is 18.5 Å². The number of nitrogens with one attached hydrogen (secondary N) is 2. The van der Waals surface area contributed by atoms with Crippen LogP contribution in [0, 0.1) is 6.42 Å². The highest BCUT2D eigenvalue weighted by molar-refractivity contribution is 5.72. The fourth-order valence-corrected chi connectivity index (χ4v) is 2.52. The van der Waals surface area contributed by atoms with E-state index in [2.05, 4.69) is 32.0 Å². The van der Waals surface area contributed by atoms with Gasteiger partial charge >= 0.3 is 0 Å². The molecule has 1 fully saturated rings. The molecular formula is C14H13F2N6O. The average molecular weight is 319 g/mol. The molecule has 1 saturated heterocycles. The summed E-state index contributed by atoms with van der Waals surface area (Å²) in [4.78, 5) is 4.17. The fraction of sp³-hybridized carbons (Fsp3) is 0.286. The van der Waals surface area contributed by atoms with Crippen molar-refractivity contribution in [2.75, 3.05) is 11.9 Å². The molecule has 0 amide bonds. The molecule has 9 heteroatoms. The first-order valence-corrected chi connectivity index (χ1v) is 7.09. The molecule has 3 aromatic rings. The zero-order chi connectivity index (χ0) is 15.8. The molecule has 0 saturated carbocycles. The fourth-order valence-electron chi connectivity index (χ4n) is 2.52. The summed E-state index contributed by atoms with van der Waals surface area (Å²) < 4.78 is 32.5. The molecular weight excluding hydrogens is 306 g/mol. The maximum Gasteiger partial charge on any atom is 0.282 e. The largest absolute Gasteiger partial charge is 0.372 e. The second-order valence-electron chi connectivity index (χ2n) is 5.16. The second kappa shape index (κ2) is 5.58. The van der Waals surface area contributed by atoms with Crippen molar-refractivity contribution in [3.8, 4) is 0 Å². The average Bonchev–Trinajstić information content (AvgIpc) is 3.27. The third-order valence-electron chi connectivity index (χ3n) is 3.62. The Morgan fingerprint density at radius 1 is 1.39 bits per heavy atom. The van der Waals surface area contributed by atoms with Crippen LogP contribution < -0.4 is 5.32 Å². The summed E-state index contributed by atoms with van der Waals surface area (Å²) in [5.74, 6) is 0.944. The van der Waals surface area contributed by atoms with Crippen LogP contribution in [0.4, 0.5) is 20.4 Å². The van der Waals surface area contributed by atoms with Gasteiger partial charge in [-0.3, -0.25) is 5.10 Å². The highest BCUT2D eigenvalue weighted by atomic mass is 19.3. The molecule has 119 valence electrons. The van der Waals surface area contributed by atoms with E-state index in [-0.39, 0.29) is 11.8 Å². The van der Waals surface area contributed by atoms with Crippen molar-refractivity contribution in [2.45, 2.75) is 19.0 Å². The number of fused-ring (bicyclic) bond motifs is 1. The van der Waals surface area contributed by atoms with Crippen molar-refractivity contribution in [1.29, 1.82) is 0 Å². The van der Waals surface area contributed by atoms with Gasteiger partial charge in [0.15, 0.2) is 11.6 Å². The molecule has 1 atom stereocenters. The van der Waals surface area contributed by atoms with E-state index in [1.165, 1.54) is 23.0 Å². The lowest BCUT2D eigenvalue weighted by atomic mass is 10.2. The zero-order valence-electron chi connectivity index (χ0n) is 11.9. The molecule has 1 aliphatic rings. The molecule has 4 heterocycles. The Bertz CT molecular complexity index is 824. The molecule has 1 aliphatic heterocycles. The van der Waals surface area contributed by atoms with Gasteiger partial charge in [0.2, 0.25) is 0 Å². The maximum absolute atomic E-state index is 12.8. The lowest BCUT2D eigenvalue weighted by Crippen LogP contribution is -1.98. The van der Waals surface area contributed by atoms with Gasteiger partial charge in [-0.25, -0.2) is 18.3 Å². The molecule has 0 aliphatic carbocycles. The van der Waals surface area contributed by atoms with Crippen molar-refractivity contribution in [2.24, 2.45) is 0 Å². The standard InChI is InChI=1S/C14H13F2N6O/c15-13(16)9-6-10-14(17-3-4-22(10)21-9)18-12-7-8(19-20-12)11-2-1-5-23-11/h1,3-4,6-7,11,13H,2,5H2,(H2,17,18,19,20)/t11-/m1/s1. The van der Waals surface area contributed by atoms with Gasteiger partial charge in [-0.1, -0.05) is 0 Å². The lowest BCUT2D eigenvalue weighted by molar-refractivity contribution is 0.111. The van der Waals surface area contributed by atoms with Crippen LogP contribution in [0.2, 0.25) is 0 Å². The predicted molar refractivity (Wildman–Crippen MR) is 77.4 cm³/mol. The minimum Gasteiger partial charge on any atom is -0.372 e. The Morgan fingerprint density at radius 3 is 3.09 bits per heavy atom. The summed E-state index contributed by atoms with van der Waals surface area (Å²) in [6.45, 7) is 0.625. The number of hydrogen-bond donors (Lipinski definition) is 2. The summed E-state index contributed by atoms with van der Waals surface area (Å²) in [6, 6.07) is 3.13. The minimum atomic E-state index is -2.63. The topological polar surface area (TPSA) is 80.1 Å². The highest BCUT2D eigenvalue weighted by Crippen LogP contribution is 2.29. The highest BCUT2D eigenvalue weighted by Gasteiger charge is 2.20. The number of aromatic amines is 1. The molecule has 1 radical (unpaired) electrons. The first-order chi connectivity index (χ1) is 11.2. The van der Waals surface area contributed by atoms with Crippen LogP contribution in [-0.2, 0) is 4.74 Å². The smallest absolute Gasteiger partial charge is 0.282 e. The Hall–Kier alpha value is -2.55. The van der Waals surface area contributed by atoms with Gasteiger partial charge in [0.05, 0.1) is 18.4 Å². The number of aromatic nitrogens is 5. The predicted octanol–water partition coefficient (Wildman–Crippen LogP) is 2.80. The molecule has 0 bridgehead atoms. The molecule has 2 N–H and O–H groups in total. The Labute approximate surface area is 129 Å². The van der Waals surface area contributed by atoms with E-state index in [1.54, 1.807) is 0 Å².